The van der Waals surface area contributed by atoms with E-state index >= 15 is 0 Å². The van der Waals surface area contributed by atoms with Crippen LogP contribution in [0.5, 0.6) is 0 Å². The third-order valence-corrected chi connectivity index (χ3v) is 2.65. The van der Waals surface area contributed by atoms with Crippen LogP contribution < -0.4 is 22.5 Å². The third-order valence-electron chi connectivity index (χ3n) is 2.65. The molecule has 0 aliphatic carbocycles. The van der Waals surface area contributed by atoms with Gasteiger partial charge in [0.05, 0.1) is 6.04 Å². The maximum atomic E-state index is 5.64. The highest BCUT2D eigenvalue weighted by atomic mass is 35.5. The van der Waals surface area contributed by atoms with Gasteiger partial charge in [0.15, 0.2) is 11.6 Å². The first kappa shape index (κ1) is 18.1. The van der Waals surface area contributed by atoms with Crippen LogP contribution in [0.25, 0.3) is 0 Å². The fourth-order valence-electron chi connectivity index (χ4n) is 1.59. The molecule has 2 aromatic rings. The van der Waals surface area contributed by atoms with Crippen molar-refractivity contribution in [2.45, 2.75) is 13.0 Å². The van der Waals surface area contributed by atoms with E-state index in [1.54, 1.807) is 0 Å². The highest BCUT2D eigenvalue weighted by Gasteiger charge is 2.10. The molecule has 2 rings (SSSR count). The zero-order valence-electron chi connectivity index (χ0n) is 10.9. The summed E-state index contributed by atoms with van der Waals surface area (Å²) in [6.07, 6.45) is 0. The smallest absolute Gasteiger partial charge is 0.227 e. The maximum Gasteiger partial charge on any atom is 0.227 e. The topological polar surface area (TPSA) is 116 Å². The summed E-state index contributed by atoms with van der Waals surface area (Å²) in [6.45, 7) is 2.00. The van der Waals surface area contributed by atoms with Gasteiger partial charge >= 0.3 is 0 Å². The van der Waals surface area contributed by atoms with E-state index in [2.05, 4.69) is 15.3 Å². The van der Waals surface area contributed by atoms with Crippen LogP contribution in [-0.4, -0.2) is 9.97 Å². The Kier molecular flexibility index (Phi) is 6.89. The van der Waals surface area contributed by atoms with Gasteiger partial charge in [0.2, 0.25) is 5.95 Å². The fraction of sp³-hybridized carbons (Fsp3) is 0.167. The molecule has 6 nitrogen and oxygen atoms in total. The molecular formula is C12H18Cl2N6. The molecule has 0 aliphatic rings. The zero-order valence-corrected chi connectivity index (χ0v) is 12.5. The van der Waals surface area contributed by atoms with Crippen molar-refractivity contribution in [3.63, 3.8) is 0 Å². The molecule has 0 fully saturated rings. The van der Waals surface area contributed by atoms with Crippen molar-refractivity contribution in [1.29, 1.82) is 0 Å². The molecule has 1 heterocycles. The van der Waals surface area contributed by atoms with E-state index in [1.807, 2.05) is 37.3 Å². The van der Waals surface area contributed by atoms with E-state index in [4.69, 9.17) is 17.2 Å². The number of nitrogen functional groups attached to an aromatic ring is 3. The summed E-state index contributed by atoms with van der Waals surface area (Å²) < 4.78 is 0. The summed E-state index contributed by atoms with van der Waals surface area (Å²) in [7, 11) is 0. The highest BCUT2D eigenvalue weighted by molar-refractivity contribution is 5.85. The Bertz CT molecular complexity index is 526. The molecule has 0 amide bonds. The molecule has 1 unspecified atom stereocenters. The average molecular weight is 317 g/mol. The van der Waals surface area contributed by atoms with Gasteiger partial charge in [0.1, 0.15) is 5.69 Å². The molecule has 20 heavy (non-hydrogen) atoms. The Morgan fingerprint density at radius 2 is 1.45 bits per heavy atom. The Hall–Kier alpha value is -1.92. The van der Waals surface area contributed by atoms with Crippen LogP contribution >= 0.6 is 24.8 Å². The van der Waals surface area contributed by atoms with Crippen LogP contribution in [0.4, 0.5) is 23.3 Å². The molecule has 0 saturated carbocycles. The molecule has 1 aromatic carbocycles. The van der Waals surface area contributed by atoms with Gasteiger partial charge in [0, 0.05) is 0 Å². The van der Waals surface area contributed by atoms with E-state index in [9.17, 15) is 0 Å². The molecule has 0 radical (unpaired) electrons. The van der Waals surface area contributed by atoms with E-state index < -0.39 is 0 Å². The molecule has 0 saturated heterocycles. The molecular weight excluding hydrogens is 299 g/mol. The minimum Gasteiger partial charge on any atom is -0.393 e. The molecule has 7 N–H and O–H groups in total. The van der Waals surface area contributed by atoms with Gasteiger partial charge in [-0.2, -0.15) is 9.97 Å². The number of benzene rings is 1. The van der Waals surface area contributed by atoms with Crippen LogP contribution in [0.1, 0.15) is 18.5 Å². The van der Waals surface area contributed by atoms with Gasteiger partial charge in [-0.3, -0.25) is 0 Å². The second-order valence-corrected chi connectivity index (χ2v) is 4.01. The lowest BCUT2D eigenvalue weighted by atomic mass is 10.1. The van der Waals surface area contributed by atoms with Crippen molar-refractivity contribution in [2.24, 2.45) is 0 Å². The Morgan fingerprint density at radius 3 is 1.95 bits per heavy atom. The van der Waals surface area contributed by atoms with Crippen molar-refractivity contribution >= 4 is 48.1 Å². The Morgan fingerprint density at radius 1 is 0.950 bits per heavy atom. The van der Waals surface area contributed by atoms with Crippen molar-refractivity contribution in [3.8, 4) is 0 Å². The predicted octanol–water partition coefficient (Wildman–Crippen LogP) is 2.24. The standard InChI is InChI=1S/C12H16N6.2ClH/c1-7(8-5-3-2-4-6-8)16-12-17-10(14)9(13)11(15)18-12;;/h2-7H,13H2,1H3,(H5,14,15,16,17,18);2*1H. The summed E-state index contributed by atoms with van der Waals surface area (Å²) in [5.41, 5.74) is 18.2. The van der Waals surface area contributed by atoms with Crippen LogP contribution in [-0.2, 0) is 0 Å². The molecule has 110 valence electrons. The summed E-state index contributed by atoms with van der Waals surface area (Å²) in [5.74, 6) is 0.742. The fourth-order valence-corrected chi connectivity index (χ4v) is 1.59. The Balaban J connectivity index is 0.00000180. The number of hydrogen-bond donors (Lipinski definition) is 4. The minimum atomic E-state index is 0. The van der Waals surface area contributed by atoms with Crippen molar-refractivity contribution in [2.75, 3.05) is 22.5 Å². The molecule has 0 aliphatic heterocycles. The number of halogens is 2. The van der Waals surface area contributed by atoms with Gasteiger partial charge in [-0.1, -0.05) is 30.3 Å². The third kappa shape index (κ3) is 4.04. The number of aromatic nitrogens is 2. The number of hydrogen-bond acceptors (Lipinski definition) is 6. The number of rotatable bonds is 3. The number of nitrogens with one attached hydrogen (secondary N) is 1. The normalized spacial score (nSPS) is 10.8. The minimum absolute atomic E-state index is 0. The van der Waals surface area contributed by atoms with Crippen LogP contribution in [0, 0.1) is 0 Å². The first-order chi connectivity index (χ1) is 8.58. The Labute approximate surface area is 130 Å². The lowest BCUT2D eigenvalue weighted by Crippen LogP contribution is -2.13. The molecule has 1 aromatic heterocycles. The highest BCUT2D eigenvalue weighted by Crippen LogP contribution is 2.22. The number of nitrogens with zero attached hydrogens (tertiary/aromatic N) is 2. The summed E-state index contributed by atoms with van der Waals surface area (Å²) >= 11 is 0. The molecule has 0 bridgehead atoms. The van der Waals surface area contributed by atoms with E-state index in [0.29, 0.717) is 5.95 Å². The molecule has 0 spiro atoms. The van der Waals surface area contributed by atoms with Crippen molar-refractivity contribution in [3.05, 3.63) is 35.9 Å². The monoisotopic (exact) mass is 316 g/mol. The largest absolute Gasteiger partial charge is 0.393 e. The van der Waals surface area contributed by atoms with Crippen molar-refractivity contribution < 1.29 is 0 Å². The second-order valence-electron chi connectivity index (χ2n) is 4.01. The maximum absolute atomic E-state index is 5.64. The van der Waals surface area contributed by atoms with Crippen molar-refractivity contribution in [1.82, 2.24) is 9.97 Å². The lowest BCUT2D eigenvalue weighted by molar-refractivity contribution is 0.863. The van der Waals surface area contributed by atoms with Crippen LogP contribution in [0.3, 0.4) is 0 Å². The quantitative estimate of drug-likeness (QED) is 0.690. The summed E-state index contributed by atoms with van der Waals surface area (Å²) in [6, 6.07) is 9.99. The number of nitrogens with two attached hydrogens (primary N) is 3. The SMILES string of the molecule is CC(Nc1nc(N)c(N)c(N)n1)c1ccccc1.Cl.Cl. The predicted molar refractivity (Wildman–Crippen MR) is 88.2 cm³/mol. The van der Waals surface area contributed by atoms with Gasteiger partial charge in [-0.25, -0.2) is 0 Å². The number of anilines is 4. The average Bonchev–Trinajstić information content (AvgIpc) is 2.37. The van der Waals surface area contributed by atoms with E-state index in [1.165, 1.54) is 0 Å². The van der Waals surface area contributed by atoms with E-state index in [0.717, 1.165) is 5.56 Å². The second kappa shape index (κ2) is 7.62. The van der Waals surface area contributed by atoms with Gasteiger partial charge < -0.3 is 22.5 Å². The van der Waals surface area contributed by atoms with Crippen LogP contribution in [0.15, 0.2) is 30.3 Å². The first-order valence-corrected chi connectivity index (χ1v) is 5.58. The summed E-state index contributed by atoms with van der Waals surface area (Å²) in [4.78, 5) is 8.10. The van der Waals surface area contributed by atoms with Gasteiger partial charge in [0.25, 0.3) is 0 Å². The first-order valence-electron chi connectivity index (χ1n) is 5.58. The van der Waals surface area contributed by atoms with Gasteiger partial charge in [-0.15, -0.1) is 24.8 Å². The van der Waals surface area contributed by atoms with Gasteiger partial charge in [-0.05, 0) is 12.5 Å². The zero-order chi connectivity index (χ0) is 13.1. The molecule has 8 heteroatoms. The molecule has 1 atom stereocenters. The van der Waals surface area contributed by atoms with E-state index in [-0.39, 0.29) is 48.2 Å². The van der Waals surface area contributed by atoms with Crippen LogP contribution in [0.2, 0.25) is 0 Å². The summed E-state index contributed by atoms with van der Waals surface area (Å²) in [5, 5.41) is 3.13. The lowest BCUT2D eigenvalue weighted by Gasteiger charge is -2.15.